The molecule has 30 heavy (non-hydrogen) atoms. The number of aromatic nitrogens is 2. The van der Waals surface area contributed by atoms with Crippen LogP contribution in [-0.4, -0.2) is 27.1 Å². The number of aryl methyl sites for hydroxylation is 1. The number of hydrogen-bond donors (Lipinski definition) is 3. The maximum atomic E-state index is 11.7. The lowest BCUT2D eigenvalue weighted by Crippen LogP contribution is -2.22. The fourth-order valence-corrected chi connectivity index (χ4v) is 3.68. The lowest BCUT2D eigenvalue weighted by molar-refractivity contribution is 0.0699. The van der Waals surface area contributed by atoms with E-state index in [0.29, 0.717) is 17.4 Å². The summed E-state index contributed by atoms with van der Waals surface area (Å²) in [6, 6.07) is 20.7. The van der Waals surface area contributed by atoms with Crippen LogP contribution in [-0.2, 0) is 6.54 Å². The highest BCUT2D eigenvalue weighted by molar-refractivity contribution is 6.03. The van der Waals surface area contributed by atoms with Crippen molar-refractivity contribution in [2.45, 2.75) is 33.4 Å². The summed E-state index contributed by atoms with van der Waals surface area (Å²) in [4.78, 5) is 19.2. The van der Waals surface area contributed by atoms with E-state index in [4.69, 9.17) is 0 Å². The van der Waals surface area contributed by atoms with Crippen molar-refractivity contribution in [1.29, 1.82) is 0 Å². The van der Waals surface area contributed by atoms with E-state index < -0.39 is 5.97 Å². The highest BCUT2D eigenvalue weighted by atomic mass is 16.4. The van der Waals surface area contributed by atoms with Crippen molar-refractivity contribution in [3.63, 3.8) is 0 Å². The SMILES string of the molecule is Cc1nc2c(C(=O)O)cc(-c3ccc(-c4ccccc4CNC(C)C)cc3)cc2[nH]1. The monoisotopic (exact) mass is 399 g/mol. The zero-order valence-electron chi connectivity index (χ0n) is 17.4. The molecule has 5 heteroatoms. The molecule has 5 nitrogen and oxygen atoms in total. The lowest BCUT2D eigenvalue weighted by atomic mass is 9.96. The predicted molar refractivity (Wildman–Crippen MR) is 121 cm³/mol. The number of carboxylic acids is 1. The number of carboxylic acid groups (broad SMARTS) is 1. The van der Waals surface area contributed by atoms with Gasteiger partial charge in [-0.1, -0.05) is 62.4 Å². The Labute approximate surface area is 175 Å². The van der Waals surface area contributed by atoms with Gasteiger partial charge < -0.3 is 15.4 Å². The minimum atomic E-state index is -0.975. The molecule has 152 valence electrons. The number of imidazole rings is 1. The number of benzene rings is 3. The van der Waals surface area contributed by atoms with E-state index in [1.807, 2.05) is 25.1 Å². The molecule has 0 saturated heterocycles. The summed E-state index contributed by atoms with van der Waals surface area (Å²) >= 11 is 0. The highest BCUT2D eigenvalue weighted by Gasteiger charge is 2.15. The number of aromatic carboxylic acids is 1. The zero-order chi connectivity index (χ0) is 21.3. The van der Waals surface area contributed by atoms with E-state index in [1.54, 1.807) is 6.07 Å². The highest BCUT2D eigenvalue weighted by Crippen LogP contribution is 2.30. The molecule has 3 N–H and O–H groups in total. The number of carbonyl (C=O) groups is 1. The maximum absolute atomic E-state index is 11.7. The van der Waals surface area contributed by atoms with Crippen molar-refractivity contribution in [1.82, 2.24) is 15.3 Å². The van der Waals surface area contributed by atoms with Crippen molar-refractivity contribution in [3.05, 3.63) is 77.6 Å². The summed E-state index contributed by atoms with van der Waals surface area (Å²) in [5, 5.41) is 13.1. The number of H-pyrrole nitrogens is 1. The Hall–Kier alpha value is -3.44. The van der Waals surface area contributed by atoms with Crippen LogP contribution in [0.15, 0.2) is 60.7 Å². The topological polar surface area (TPSA) is 78.0 Å². The molecule has 0 radical (unpaired) electrons. The Morgan fingerprint density at radius 2 is 1.73 bits per heavy atom. The van der Waals surface area contributed by atoms with Gasteiger partial charge in [-0.05, 0) is 46.9 Å². The number of nitrogens with one attached hydrogen (secondary N) is 2. The van der Waals surface area contributed by atoms with Gasteiger partial charge in [0.2, 0.25) is 0 Å². The smallest absolute Gasteiger partial charge is 0.337 e. The molecule has 0 atom stereocenters. The van der Waals surface area contributed by atoms with E-state index in [-0.39, 0.29) is 5.56 Å². The summed E-state index contributed by atoms with van der Waals surface area (Å²) in [7, 11) is 0. The Morgan fingerprint density at radius 1 is 1.03 bits per heavy atom. The van der Waals surface area contributed by atoms with Crippen LogP contribution in [0.2, 0.25) is 0 Å². The van der Waals surface area contributed by atoms with Crippen LogP contribution in [0.1, 0.15) is 35.6 Å². The van der Waals surface area contributed by atoms with E-state index in [1.165, 1.54) is 11.1 Å². The first-order chi connectivity index (χ1) is 14.4. The normalized spacial score (nSPS) is 11.3. The molecule has 0 saturated carbocycles. The van der Waals surface area contributed by atoms with E-state index >= 15 is 0 Å². The second-order valence-electron chi connectivity index (χ2n) is 7.82. The van der Waals surface area contributed by atoms with Crippen LogP contribution < -0.4 is 5.32 Å². The molecule has 0 aliphatic heterocycles. The predicted octanol–water partition coefficient (Wildman–Crippen LogP) is 5.40. The largest absolute Gasteiger partial charge is 0.478 e. The minimum absolute atomic E-state index is 0.209. The second-order valence-corrected chi connectivity index (χ2v) is 7.82. The molecule has 0 unspecified atom stereocenters. The third-order valence-electron chi connectivity index (χ3n) is 5.18. The van der Waals surface area contributed by atoms with Crippen molar-refractivity contribution in [2.24, 2.45) is 0 Å². The molecule has 0 amide bonds. The number of fused-ring (bicyclic) bond motifs is 1. The molecule has 3 aromatic carbocycles. The third-order valence-corrected chi connectivity index (χ3v) is 5.18. The van der Waals surface area contributed by atoms with Gasteiger partial charge in [-0.2, -0.15) is 0 Å². The number of rotatable bonds is 6. The molecule has 0 fully saturated rings. The maximum Gasteiger partial charge on any atom is 0.337 e. The Morgan fingerprint density at radius 3 is 2.43 bits per heavy atom. The third kappa shape index (κ3) is 3.98. The zero-order valence-corrected chi connectivity index (χ0v) is 17.4. The van der Waals surface area contributed by atoms with Gasteiger partial charge in [-0.3, -0.25) is 0 Å². The van der Waals surface area contributed by atoms with Gasteiger partial charge in [-0.15, -0.1) is 0 Å². The fourth-order valence-electron chi connectivity index (χ4n) is 3.68. The fraction of sp³-hybridized carbons (Fsp3) is 0.200. The van der Waals surface area contributed by atoms with Gasteiger partial charge in [0.05, 0.1) is 11.1 Å². The molecule has 1 aromatic heterocycles. The summed E-state index contributed by atoms with van der Waals surface area (Å²) in [6.45, 7) is 6.92. The Bertz CT molecular complexity index is 1210. The molecule has 0 spiro atoms. The van der Waals surface area contributed by atoms with Crippen LogP contribution in [0.4, 0.5) is 0 Å². The Balaban J connectivity index is 1.71. The van der Waals surface area contributed by atoms with Crippen LogP contribution in [0.25, 0.3) is 33.3 Å². The average Bonchev–Trinajstić information content (AvgIpc) is 3.11. The molecule has 0 bridgehead atoms. The van der Waals surface area contributed by atoms with Crippen molar-refractivity contribution < 1.29 is 9.90 Å². The van der Waals surface area contributed by atoms with E-state index in [0.717, 1.165) is 28.8 Å². The van der Waals surface area contributed by atoms with Crippen LogP contribution in [0, 0.1) is 6.92 Å². The molecule has 1 heterocycles. The summed E-state index contributed by atoms with van der Waals surface area (Å²) in [6.07, 6.45) is 0. The number of aromatic amines is 1. The van der Waals surface area contributed by atoms with Gasteiger partial charge in [0.15, 0.2) is 0 Å². The molecule has 0 aliphatic rings. The minimum Gasteiger partial charge on any atom is -0.478 e. The lowest BCUT2D eigenvalue weighted by Gasteiger charge is -2.13. The summed E-state index contributed by atoms with van der Waals surface area (Å²) in [5.74, 6) is -0.275. The summed E-state index contributed by atoms with van der Waals surface area (Å²) in [5.41, 5.74) is 6.84. The number of hydrogen-bond acceptors (Lipinski definition) is 3. The van der Waals surface area contributed by atoms with Gasteiger partial charge >= 0.3 is 5.97 Å². The average molecular weight is 399 g/mol. The first-order valence-corrected chi connectivity index (χ1v) is 10.1. The Kier molecular flexibility index (Phi) is 5.38. The van der Waals surface area contributed by atoms with Crippen molar-refractivity contribution >= 4 is 17.0 Å². The van der Waals surface area contributed by atoms with Crippen molar-refractivity contribution in [3.8, 4) is 22.3 Å². The molecule has 4 rings (SSSR count). The molecule has 4 aromatic rings. The van der Waals surface area contributed by atoms with Gasteiger partial charge in [0.25, 0.3) is 0 Å². The van der Waals surface area contributed by atoms with Gasteiger partial charge in [0.1, 0.15) is 11.3 Å². The van der Waals surface area contributed by atoms with Crippen LogP contribution >= 0.6 is 0 Å². The van der Waals surface area contributed by atoms with Crippen LogP contribution in [0.3, 0.4) is 0 Å². The second kappa shape index (κ2) is 8.13. The first kappa shape index (κ1) is 19.9. The summed E-state index contributed by atoms with van der Waals surface area (Å²) < 4.78 is 0. The van der Waals surface area contributed by atoms with Gasteiger partial charge in [-0.25, -0.2) is 9.78 Å². The first-order valence-electron chi connectivity index (χ1n) is 10.1. The molecular weight excluding hydrogens is 374 g/mol. The van der Waals surface area contributed by atoms with E-state index in [2.05, 4.69) is 65.5 Å². The van der Waals surface area contributed by atoms with Crippen LogP contribution in [0.5, 0.6) is 0 Å². The number of nitrogens with zero attached hydrogens (tertiary/aromatic N) is 1. The van der Waals surface area contributed by atoms with Gasteiger partial charge in [0, 0.05) is 12.6 Å². The van der Waals surface area contributed by atoms with Crippen molar-refractivity contribution in [2.75, 3.05) is 0 Å². The standard InChI is InChI=1S/C25H25N3O2/c1-15(2)26-14-19-6-4-5-7-21(19)18-10-8-17(9-11-18)20-12-22(25(29)30)24-23(13-20)27-16(3)28-24/h4-13,15,26H,14H2,1-3H3,(H,27,28)(H,29,30). The quantitative estimate of drug-likeness (QED) is 0.406. The van der Waals surface area contributed by atoms with E-state index in [9.17, 15) is 9.90 Å². The molecular formula is C25H25N3O2. The molecule has 0 aliphatic carbocycles.